The standard InChI is InChI=1S/C15H13ClO3/c1-18-12-4-5-13(11(7-12)9-17)10-3-6-14(16)15(8-10)19-2/h3-9H,1-2H3. The van der Waals surface area contributed by atoms with Crippen LogP contribution in [0.3, 0.4) is 0 Å². The molecule has 2 aromatic carbocycles. The molecule has 19 heavy (non-hydrogen) atoms. The minimum atomic E-state index is 0.535. The number of rotatable bonds is 4. The summed E-state index contributed by atoms with van der Waals surface area (Å²) in [6.07, 6.45) is 0.805. The van der Waals surface area contributed by atoms with Crippen molar-refractivity contribution in [3.63, 3.8) is 0 Å². The number of carbonyl (C=O) groups is 1. The van der Waals surface area contributed by atoms with Gasteiger partial charge >= 0.3 is 0 Å². The number of aldehydes is 1. The molecule has 0 N–H and O–H groups in total. The Kier molecular flexibility index (Phi) is 4.07. The molecular weight excluding hydrogens is 264 g/mol. The summed E-state index contributed by atoms with van der Waals surface area (Å²) in [6, 6.07) is 10.7. The SMILES string of the molecule is COc1ccc(-c2ccc(Cl)c(OC)c2)c(C=O)c1. The third-order valence-electron chi connectivity index (χ3n) is 2.85. The number of benzene rings is 2. The van der Waals surface area contributed by atoms with Crippen LogP contribution in [-0.2, 0) is 0 Å². The molecule has 0 fully saturated rings. The lowest BCUT2D eigenvalue weighted by atomic mass is 10.00. The van der Waals surface area contributed by atoms with Crippen molar-refractivity contribution in [1.82, 2.24) is 0 Å². The van der Waals surface area contributed by atoms with Crippen LogP contribution in [0.15, 0.2) is 36.4 Å². The molecule has 0 aliphatic rings. The Bertz CT molecular complexity index is 608. The first-order valence-corrected chi connectivity index (χ1v) is 6.04. The maximum atomic E-state index is 11.2. The summed E-state index contributed by atoms with van der Waals surface area (Å²) in [7, 11) is 3.12. The third kappa shape index (κ3) is 2.71. The zero-order valence-corrected chi connectivity index (χ0v) is 11.4. The van der Waals surface area contributed by atoms with Gasteiger partial charge in [0.2, 0.25) is 0 Å². The van der Waals surface area contributed by atoms with Crippen molar-refractivity contribution in [1.29, 1.82) is 0 Å². The van der Waals surface area contributed by atoms with E-state index in [-0.39, 0.29) is 0 Å². The maximum Gasteiger partial charge on any atom is 0.150 e. The van der Waals surface area contributed by atoms with Gasteiger partial charge in [-0.15, -0.1) is 0 Å². The van der Waals surface area contributed by atoms with E-state index < -0.39 is 0 Å². The van der Waals surface area contributed by atoms with Crippen LogP contribution in [-0.4, -0.2) is 20.5 Å². The summed E-state index contributed by atoms with van der Waals surface area (Å²) in [5, 5.41) is 0.535. The maximum absolute atomic E-state index is 11.2. The van der Waals surface area contributed by atoms with Crippen LogP contribution in [0, 0.1) is 0 Å². The zero-order chi connectivity index (χ0) is 13.8. The Morgan fingerprint density at radius 2 is 1.84 bits per heavy atom. The van der Waals surface area contributed by atoms with Crippen LogP contribution >= 0.6 is 11.6 Å². The van der Waals surface area contributed by atoms with Crippen molar-refractivity contribution in [2.75, 3.05) is 14.2 Å². The monoisotopic (exact) mass is 276 g/mol. The molecule has 2 aromatic rings. The highest BCUT2D eigenvalue weighted by Crippen LogP contribution is 2.32. The molecular formula is C15H13ClO3. The summed E-state index contributed by atoms with van der Waals surface area (Å²) >= 11 is 5.99. The summed E-state index contributed by atoms with van der Waals surface area (Å²) in [5.41, 5.74) is 2.24. The number of carbonyl (C=O) groups excluding carboxylic acids is 1. The normalized spacial score (nSPS) is 10.1. The van der Waals surface area contributed by atoms with Gasteiger partial charge in [0, 0.05) is 5.56 Å². The fourth-order valence-corrected chi connectivity index (χ4v) is 2.05. The topological polar surface area (TPSA) is 35.5 Å². The molecule has 0 unspecified atom stereocenters. The van der Waals surface area contributed by atoms with Crippen molar-refractivity contribution < 1.29 is 14.3 Å². The van der Waals surface area contributed by atoms with Gasteiger partial charge in [0.05, 0.1) is 19.2 Å². The molecule has 0 saturated heterocycles. The summed E-state index contributed by atoms with van der Waals surface area (Å²) < 4.78 is 10.3. The zero-order valence-electron chi connectivity index (χ0n) is 10.6. The predicted octanol–water partition coefficient (Wildman–Crippen LogP) is 3.84. The van der Waals surface area contributed by atoms with Gasteiger partial charge in [-0.25, -0.2) is 0 Å². The molecule has 2 rings (SSSR count). The van der Waals surface area contributed by atoms with E-state index in [2.05, 4.69) is 0 Å². The number of ether oxygens (including phenoxy) is 2. The summed E-state index contributed by atoms with van der Waals surface area (Å²) in [4.78, 5) is 11.2. The lowest BCUT2D eigenvalue weighted by Gasteiger charge is -2.10. The molecule has 0 aliphatic heterocycles. The Morgan fingerprint density at radius 1 is 1.05 bits per heavy atom. The molecule has 0 atom stereocenters. The molecule has 0 amide bonds. The van der Waals surface area contributed by atoms with E-state index >= 15 is 0 Å². The fourth-order valence-electron chi connectivity index (χ4n) is 1.86. The first-order chi connectivity index (χ1) is 9.19. The van der Waals surface area contributed by atoms with E-state index in [4.69, 9.17) is 21.1 Å². The van der Waals surface area contributed by atoms with Gasteiger partial charge in [-0.2, -0.15) is 0 Å². The number of hydrogen-bond acceptors (Lipinski definition) is 3. The Balaban J connectivity index is 2.55. The Hall–Kier alpha value is -2.00. The van der Waals surface area contributed by atoms with Crippen molar-refractivity contribution in [3.05, 3.63) is 47.0 Å². The second-order valence-corrected chi connectivity index (χ2v) is 4.33. The van der Waals surface area contributed by atoms with Crippen LogP contribution < -0.4 is 9.47 Å². The average Bonchev–Trinajstić information content (AvgIpc) is 2.47. The van der Waals surface area contributed by atoms with E-state index in [1.165, 1.54) is 0 Å². The van der Waals surface area contributed by atoms with Gasteiger partial charge in [0.25, 0.3) is 0 Å². The minimum Gasteiger partial charge on any atom is -0.497 e. The highest BCUT2D eigenvalue weighted by atomic mass is 35.5. The van der Waals surface area contributed by atoms with Gasteiger partial charge in [0.15, 0.2) is 6.29 Å². The van der Waals surface area contributed by atoms with E-state index in [9.17, 15) is 4.79 Å². The van der Waals surface area contributed by atoms with Gasteiger partial charge in [0.1, 0.15) is 11.5 Å². The molecule has 98 valence electrons. The molecule has 3 nitrogen and oxygen atoms in total. The van der Waals surface area contributed by atoms with Crippen LogP contribution in [0.1, 0.15) is 10.4 Å². The quantitative estimate of drug-likeness (QED) is 0.796. The van der Waals surface area contributed by atoms with Gasteiger partial charge in [-0.1, -0.05) is 17.7 Å². The van der Waals surface area contributed by atoms with E-state index in [1.54, 1.807) is 32.4 Å². The van der Waals surface area contributed by atoms with E-state index in [0.29, 0.717) is 22.1 Å². The average molecular weight is 277 g/mol. The lowest BCUT2D eigenvalue weighted by Crippen LogP contribution is -1.92. The lowest BCUT2D eigenvalue weighted by molar-refractivity contribution is 0.112. The van der Waals surface area contributed by atoms with E-state index in [0.717, 1.165) is 17.4 Å². The first kappa shape index (κ1) is 13.4. The van der Waals surface area contributed by atoms with Gasteiger partial charge in [-0.05, 0) is 41.5 Å². The van der Waals surface area contributed by atoms with Crippen LogP contribution in [0.2, 0.25) is 5.02 Å². The largest absolute Gasteiger partial charge is 0.497 e. The number of hydrogen-bond donors (Lipinski definition) is 0. The van der Waals surface area contributed by atoms with Crippen molar-refractivity contribution >= 4 is 17.9 Å². The molecule has 0 heterocycles. The van der Waals surface area contributed by atoms with Crippen molar-refractivity contribution in [2.45, 2.75) is 0 Å². The predicted molar refractivity (Wildman–Crippen MR) is 75.4 cm³/mol. The minimum absolute atomic E-state index is 0.535. The second-order valence-electron chi connectivity index (χ2n) is 3.92. The summed E-state index contributed by atoms with van der Waals surface area (Å²) in [5.74, 6) is 1.22. The van der Waals surface area contributed by atoms with Crippen LogP contribution in [0.4, 0.5) is 0 Å². The van der Waals surface area contributed by atoms with Crippen LogP contribution in [0.5, 0.6) is 11.5 Å². The molecule has 4 heteroatoms. The van der Waals surface area contributed by atoms with Gasteiger partial charge in [-0.3, -0.25) is 4.79 Å². The number of methoxy groups -OCH3 is 2. The highest BCUT2D eigenvalue weighted by Gasteiger charge is 2.09. The Labute approximate surface area is 116 Å². The molecule has 0 aliphatic carbocycles. The van der Waals surface area contributed by atoms with Crippen LogP contribution in [0.25, 0.3) is 11.1 Å². The molecule has 0 radical (unpaired) electrons. The van der Waals surface area contributed by atoms with Crippen molar-refractivity contribution in [2.24, 2.45) is 0 Å². The summed E-state index contributed by atoms with van der Waals surface area (Å²) in [6.45, 7) is 0. The van der Waals surface area contributed by atoms with Gasteiger partial charge < -0.3 is 9.47 Å². The molecule has 0 bridgehead atoms. The van der Waals surface area contributed by atoms with E-state index in [1.807, 2.05) is 18.2 Å². The third-order valence-corrected chi connectivity index (χ3v) is 3.16. The highest BCUT2D eigenvalue weighted by molar-refractivity contribution is 6.32. The smallest absolute Gasteiger partial charge is 0.150 e. The Morgan fingerprint density at radius 3 is 2.47 bits per heavy atom. The molecule has 0 aromatic heterocycles. The molecule has 0 saturated carbocycles. The fraction of sp³-hybridized carbons (Fsp3) is 0.133. The number of halogens is 1. The van der Waals surface area contributed by atoms with Crippen molar-refractivity contribution in [3.8, 4) is 22.6 Å². The first-order valence-electron chi connectivity index (χ1n) is 5.66. The second kappa shape index (κ2) is 5.76. The molecule has 0 spiro atoms.